The van der Waals surface area contributed by atoms with E-state index in [2.05, 4.69) is 34.7 Å². The third-order valence-electron chi connectivity index (χ3n) is 5.09. The predicted octanol–water partition coefficient (Wildman–Crippen LogP) is 4.47. The van der Waals surface area contributed by atoms with E-state index in [4.69, 9.17) is 0 Å². The summed E-state index contributed by atoms with van der Waals surface area (Å²) in [5.74, 6) is 0.908. The van der Waals surface area contributed by atoms with Crippen molar-refractivity contribution in [1.82, 2.24) is 14.8 Å². The van der Waals surface area contributed by atoms with Gasteiger partial charge in [-0.1, -0.05) is 55.4 Å². The molecule has 0 radical (unpaired) electrons. The smallest absolute Gasteiger partial charge is 0.234 e. The number of rotatable bonds is 8. The molecular weight excluding hydrogens is 422 g/mol. The first-order chi connectivity index (χ1) is 15.2. The van der Waals surface area contributed by atoms with Crippen LogP contribution >= 0.6 is 11.8 Å². The van der Waals surface area contributed by atoms with Crippen LogP contribution in [0.3, 0.4) is 0 Å². The molecule has 0 saturated carbocycles. The highest BCUT2D eigenvalue weighted by Crippen LogP contribution is 2.20. The normalized spacial score (nSPS) is 10.9. The largest absolute Gasteiger partial charge is 0.325 e. The van der Waals surface area contributed by atoms with Crippen LogP contribution in [0.15, 0.2) is 47.6 Å². The van der Waals surface area contributed by atoms with Gasteiger partial charge in [0.2, 0.25) is 11.8 Å². The van der Waals surface area contributed by atoms with Crippen molar-refractivity contribution in [3.8, 4) is 0 Å². The fraction of sp³-hybridized carbons (Fsp3) is 0.333. The number of benzene rings is 2. The van der Waals surface area contributed by atoms with E-state index < -0.39 is 0 Å². The van der Waals surface area contributed by atoms with E-state index in [0.717, 1.165) is 22.5 Å². The zero-order valence-electron chi connectivity index (χ0n) is 19.1. The second-order valence-electron chi connectivity index (χ2n) is 8.11. The van der Waals surface area contributed by atoms with Crippen molar-refractivity contribution in [2.45, 2.75) is 45.2 Å². The molecule has 7 nitrogen and oxygen atoms in total. The van der Waals surface area contributed by atoms with Gasteiger partial charge in [0.15, 0.2) is 5.16 Å². The van der Waals surface area contributed by atoms with E-state index >= 15 is 0 Å². The lowest BCUT2D eigenvalue weighted by Crippen LogP contribution is -2.18. The Labute approximate surface area is 193 Å². The molecule has 0 aliphatic rings. The lowest BCUT2D eigenvalue weighted by Gasteiger charge is -2.09. The number of anilines is 2. The highest BCUT2D eigenvalue weighted by Gasteiger charge is 2.15. The summed E-state index contributed by atoms with van der Waals surface area (Å²) in [7, 11) is 1.80. The highest BCUT2D eigenvalue weighted by molar-refractivity contribution is 7.99. The molecule has 0 unspecified atom stereocenters. The fourth-order valence-electron chi connectivity index (χ4n) is 3.20. The predicted molar refractivity (Wildman–Crippen MR) is 129 cm³/mol. The number of carbonyl (C=O) groups excluding carboxylic acids is 2. The van der Waals surface area contributed by atoms with E-state index in [-0.39, 0.29) is 24.0 Å². The molecule has 0 aliphatic carbocycles. The van der Waals surface area contributed by atoms with Gasteiger partial charge in [-0.25, -0.2) is 0 Å². The second kappa shape index (κ2) is 10.5. The fourth-order valence-corrected chi connectivity index (χ4v) is 3.93. The third kappa shape index (κ3) is 6.20. The number of nitrogens with zero attached hydrogens (tertiary/aromatic N) is 3. The maximum Gasteiger partial charge on any atom is 0.234 e. The number of aryl methyl sites for hydroxylation is 2. The van der Waals surface area contributed by atoms with E-state index in [9.17, 15) is 9.59 Å². The molecule has 2 aromatic carbocycles. The van der Waals surface area contributed by atoms with Crippen LogP contribution in [0.2, 0.25) is 0 Å². The minimum absolute atomic E-state index is 0.103. The van der Waals surface area contributed by atoms with Gasteiger partial charge in [0.1, 0.15) is 5.82 Å². The maximum absolute atomic E-state index is 12.5. The monoisotopic (exact) mass is 451 g/mol. The Morgan fingerprint density at radius 3 is 2.38 bits per heavy atom. The van der Waals surface area contributed by atoms with E-state index in [1.807, 2.05) is 56.3 Å². The third-order valence-corrected chi connectivity index (χ3v) is 6.11. The molecule has 32 heavy (non-hydrogen) atoms. The van der Waals surface area contributed by atoms with Crippen LogP contribution in [0, 0.1) is 13.8 Å². The zero-order chi connectivity index (χ0) is 23.3. The summed E-state index contributed by atoms with van der Waals surface area (Å²) in [6, 6.07) is 13.7. The Bertz CT molecular complexity index is 1110. The first kappa shape index (κ1) is 23.5. The number of nitrogens with one attached hydrogen (secondary N) is 2. The summed E-state index contributed by atoms with van der Waals surface area (Å²) < 4.78 is 1.75. The molecule has 1 heterocycles. The van der Waals surface area contributed by atoms with Crippen LogP contribution < -0.4 is 10.6 Å². The summed E-state index contributed by atoms with van der Waals surface area (Å²) in [6.45, 7) is 8.24. The summed E-state index contributed by atoms with van der Waals surface area (Å²) in [5, 5.41) is 14.7. The first-order valence-electron chi connectivity index (χ1n) is 10.5. The van der Waals surface area contributed by atoms with E-state index in [0.29, 0.717) is 16.9 Å². The van der Waals surface area contributed by atoms with Crippen LogP contribution in [0.25, 0.3) is 0 Å². The average molecular weight is 452 g/mol. The van der Waals surface area contributed by atoms with Gasteiger partial charge in [0.05, 0.1) is 12.2 Å². The molecule has 3 aromatic rings. The van der Waals surface area contributed by atoms with Crippen molar-refractivity contribution in [1.29, 1.82) is 0 Å². The summed E-state index contributed by atoms with van der Waals surface area (Å²) in [4.78, 5) is 24.8. The Morgan fingerprint density at radius 2 is 1.72 bits per heavy atom. The molecule has 0 aliphatic heterocycles. The molecule has 0 fully saturated rings. The topological polar surface area (TPSA) is 88.9 Å². The van der Waals surface area contributed by atoms with Gasteiger partial charge in [0.25, 0.3) is 0 Å². The summed E-state index contributed by atoms with van der Waals surface area (Å²) >= 11 is 1.28. The summed E-state index contributed by atoms with van der Waals surface area (Å²) in [6.07, 6.45) is 0.103. The van der Waals surface area contributed by atoms with Crippen LogP contribution in [0.4, 0.5) is 11.4 Å². The number of hydrogen-bond donors (Lipinski definition) is 2. The van der Waals surface area contributed by atoms with Crippen LogP contribution in [-0.2, 0) is 23.1 Å². The van der Waals surface area contributed by atoms with Gasteiger partial charge in [-0.15, -0.1) is 10.2 Å². The van der Waals surface area contributed by atoms with E-state index in [1.54, 1.807) is 11.6 Å². The van der Waals surface area contributed by atoms with Crippen molar-refractivity contribution in [3.05, 3.63) is 65.0 Å². The number of amides is 2. The van der Waals surface area contributed by atoms with Gasteiger partial charge in [-0.2, -0.15) is 0 Å². The van der Waals surface area contributed by atoms with Crippen molar-refractivity contribution >= 4 is 35.0 Å². The molecule has 0 atom stereocenters. The molecule has 0 bridgehead atoms. The van der Waals surface area contributed by atoms with Gasteiger partial charge in [-0.3, -0.25) is 9.59 Å². The van der Waals surface area contributed by atoms with Crippen molar-refractivity contribution in [2.75, 3.05) is 16.4 Å². The maximum atomic E-state index is 12.5. The lowest BCUT2D eigenvalue weighted by molar-refractivity contribution is -0.116. The minimum atomic E-state index is -0.161. The molecule has 8 heteroatoms. The van der Waals surface area contributed by atoms with Crippen LogP contribution in [0.1, 0.15) is 42.3 Å². The highest BCUT2D eigenvalue weighted by atomic mass is 32.2. The second-order valence-corrected chi connectivity index (χ2v) is 9.06. The molecule has 0 spiro atoms. The number of thioether (sulfide) groups is 1. The molecule has 2 N–H and O–H groups in total. The SMILES string of the molecule is Cc1ccc(NC(=O)Cc2nnc(SCC(=O)Nc3ccc(C(C)C)cc3)n2C)c(C)c1. The molecule has 3 rings (SSSR count). The zero-order valence-corrected chi connectivity index (χ0v) is 19.9. The van der Waals surface area contributed by atoms with Gasteiger partial charge in [-0.05, 0) is 49.1 Å². The first-order valence-corrected chi connectivity index (χ1v) is 11.5. The minimum Gasteiger partial charge on any atom is -0.325 e. The average Bonchev–Trinajstić information content (AvgIpc) is 3.08. The molecular formula is C24H29N5O2S. The van der Waals surface area contributed by atoms with Crippen LogP contribution in [-0.4, -0.2) is 32.3 Å². The van der Waals surface area contributed by atoms with Gasteiger partial charge >= 0.3 is 0 Å². The summed E-state index contributed by atoms with van der Waals surface area (Å²) in [5.41, 5.74) is 4.94. The molecule has 2 amide bonds. The Kier molecular flexibility index (Phi) is 7.69. The molecule has 0 saturated heterocycles. The Morgan fingerprint density at radius 1 is 1.00 bits per heavy atom. The standard InChI is InChI=1S/C24H29N5O2S/c1-15(2)18-7-9-19(10-8-18)25-23(31)14-32-24-28-27-21(29(24)5)13-22(30)26-20-11-6-16(3)12-17(20)4/h6-12,15H,13-14H2,1-5H3,(H,25,31)(H,26,30). The molecule has 1 aromatic heterocycles. The number of carbonyl (C=O) groups is 2. The number of aromatic nitrogens is 3. The van der Waals surface area contributed by atoms with Crippen molar-refractivity contribution < 1.29 is 9.59 Å². The van der Waals surface area contributed by atoms with Crippen molar-refractivity contribution in [2.24, 2.45) is 7.05 Å². The Balaban J connectivity index is 1.52. The van der Waals surface area contributed by atoms with Crippen LogP contribution in [0.5, 0.6) is 0 Å². The van der Waals surface area contributed by atoms with Gasteiger partial charge in [0, 0.05) is 18.4 Å². The lowest BCUT2D eigenvalue weighted by atomic mass is 10.0. The number of hydrogen-bond acceptors (Lipinski definition) is 5. The molecule has 168 valence electrons. The van der Waals surface area contributed by atoms with Crippen molar-refractivity contribution in [3.63, 3.8) is 0 Å². The quantitative estimate of drug-likeness (QED) is 0.494. The van der Waals surface area contributed by atoms with E-state index in [1.165, 1.54) is 17.3 Å². The van der Waals surface area contributed by atoms with Gasteiger partial charge < -0.3 is 15.2 Å². The Hall–Kier alpha value is -3.13.